The van der Waals surface area contributed by atoms with Crippen LogP contribution in [0.15, 0.2) is 47.5 Å². The Bertz CT molecular complexity index is 929. The molecular formula is C24H32N4O3. The summed E-state index contributed by atoms with van der Waals surface area (Å²) in [5.74, 6) is 0.854. The molecule has 2 aliphatic heterocycles. The Kier molecular flexibility index (Phi) is 7.35. The van der Waals surface area contributed by atoms with Crippen LogP contribution in [0.1, 0.15) is 37.7 Å². The van der Waals surface area contributed by atoms with Crippen LogP contribution in [0.25, 0.3) is 0 Å². The van der Waals surface area contributed by atoms with Crippen LogP contribution in [0.2, 0.25) is 0 Å². The minimum Gasteiger partial charge on any atom is -0.494 e. The predicted molar refractivity (Wildman–Crippen MR) is 119 cm³/mol. The SMILES string of the molecule is O=C(Cn1cccnc1=O)N1CCCOc2cccc(c2)CCC2CCCCN2CC1. The molecule has 1 aromatic heterocycles. The van der Waals surface area contributed by atoms with Crippen LogP contribution in [-0.2, 0) is 17.8 Å². The van der Waals surface area contributed by atoms with Crippen molar-refractivity contribution in [2.75, 3.05) is 32.8 Å². The van der Waals surface area contributed by atoms with Gasteiger partial charge in [-0.15, -0.1) is 0 Å². The average Bonchev–Trinajstić information content (AvgIpc) is 2.79. The van der Waals surface area contributed by atoms with Crippen LogP contribution >= 0.6 is 0 Å². The Balaban J connectivity index is 1.48. The van der Waals surface area contributed by atoms with Crippen LogP contribution in [0.4, 0.5) is 0 Å². The van der Waals surface area contributed by atoms with Gasteiger partial charge in [0.15, 0.2) is 0 Å². The zero-order chi connectivity index (χ0) is 21.5. The number of aromatic nitrogens is 2. The van der Waals surface area contributed by atoms with Gasteiger partial charge < -0.3 is 9.64 Å². The van der Waals surface area contributed by atoms with Crippen molar-refractivity contribution in [2.24, 2.45) is 0 Å². The molecule has 0 aliphatic carbocycles. The molecule has 2 aliphatic rings. The summed E-state index contributed by atoms with van der Waals surface area (Å²) in [6, 6.07) is 10.6. The molecule has 31 heavy (non-hydrogen) atoms. The Labute approximate surface area is 183 Å². The van der Waals surface area contributed by atoms with Gasteiger partial charge in [-0.05, 0) is 62.4 Å². The van der Waals surface area contributed by atoms with Crippen molar-refractivity contribution in [3.05, 3.63) is 58.8 Å². The summed E-state index contributed by atoms with van der Waals surface area (Å²) in [6.45, 7) is 3.85. The first-order chi connectivity index (χ1) is 15.2. The van der Waals surface area contributed by atoms with Crippen LogP contribution in [0.3, 0.4) is 0 Å². The van der Waals surface area contributed by atoms with Gasteiger partial charge in [-0.2, -0.15) is 0 Å². The van der Waals surface area contributed by atoms with Crippen molar-refractivity contribution < 1.29 is 9.53 Å². The topological polar surface area (TPSA) is 67.7 Å². The molecule has 0 radical (unpaired) electrons. The van der Waals surface area contributed by atoms with Crippen LogP contribution < -0.4 is 10.4 Å². The number of carbonyl (C=O) groups excluding carboxylic acids is 1. The quantitative estimate of drug-likeness (QED) is 0.740. The second-order valence-electron chi connectivity index (χ2n) is 8.48. The number of aryl methyl sites for hydroxylation is 1. The van der Waals surface area contributed by atoms with Gasteiger partial charge in [0.2, 0.25) is 5.91 Å². The lowest BCUT2D eigenvalue weighted by Crippen LogP contribution is -2.46. The number of benzene rings is 1. The molecule has 0 N–H and O–H groups in total. The van der Waals surface area contributed by atoms with E-state index in [0.717, 1.165) is 38.1 Å². The molecule has 1 saturated heterocycles. The minimum atomic E-state index is -0.391. The van der Waals surface area contributed by atoms with E-state index in [0.29, 0.717) is 25.7 Å². The molecule has 3 heterocycles. The van der Waals surface area contributed by atoms with Gasteiger partial charge in [0, 0.05) is 38.1 Å². The summed E-state index contributed by atoms with van der Waals surface area (Å²) in [5.41, 5.74) is 0.941. The molecule has 1 fully saturated rings. The Morgan fingerprint density at radius 1 is 1.06 bits per heavy atom. The lowest BCUT2D eigenvalue weighted by Gasteiger charge is -2.37. The summed E-state index contributed by atoms with van der Waals surface area (Å²) in [4.78, 5) is 33.2. The van der Waals surface area contributed by atoms with Gasteiger partial charge in [-0.3, -0.25) is 14.3 Å². The van der Waals surface area contributed by atoms with E-state index in [1.165, 1.54) is 35.6 Å². The van der Waals surface area contributed by atoms with Crippen molar-refractivity contribution in [2.45, 2.75) is 51.1 Å². The third kappa shape index (κ3) is 5.94. The van der Waals surface area contributed by atoms with E-state index in [1.807, 2.05) is 11.0 Å². The number of amides is 1. The van der Waals surface area contributed by atoms with Crippen molar-refractivity contribution in [1.82, 2.24) is 19.4 Å². The number of rotatable bonds is 2. The second-order valence-corrected chi connectivity index (χ2v) is 8.48. The minimum absolute atomic E-state index is 0.0268. The number of hydrogen-bond acceptors (Lipinski definition) is 5. The summed E-state index contributed by atoms with van der Waals surface area (Å²) < 4.78 is 7.32. The smallest absolute Gasteiger partial charge is 0.347 e. The highest BCUT2D eigenvalue weighted by Gasteiger charge is 2.24. The molecule has 2 bridgehead atoms. The van der Waals surface area contributed by atoms with Gasteiger partial charge in [0.05, 0.1) is 6.61 Å². The number of carbonyl (C=O) groups is 1. The normalized spacial score (nSPS) is 20.9. The summed E-state index contributed by atoms with van der Waals surface area (Å²) in [7, 11) is 0. The van der Waals surface area contributed by atoms with Gasteiger partial charge in [-0.1, -0.05) is 18.6 Å². The zero-order valence-corrected chi connectivity index (χ0v) is 18.1. The van der Waals surface area contributed by atoms with E-state index >= 15 is 0 Å². The van der Waals surface area contributed by atoms with Gasteiger partial charge >= 0.3 is 5.69 Å². The summed E-state index contributed by atoms with van der Waals surface area (Å²) in [6.07, 6.45) is 9.71. The van der Waals surface area contributed by atoms with E-state index in [1.54, 1.807) is 12.3 Å². The van der Waals surface area contributed by atoms with Crippen LogP contribution in [0.5, 0.6) is 5.75 Å². The number of nitrogens with zero attached hydrogens (tertiary/aromatic N) is 4. The third-order valence-corrected chi connectivity index (χ3v) is 6.35. The maximum Gasteiger partial charge on any atom is 0.347 e. The van der Waals surface area contributed by atoms with Crippen molar-refractivity contribution in [3.63, 3.8) is 0 Å². The molecule has 1 amide bonds. The molecule has 4 rings (SSSR count). The first-order valence-electron chi connectivity index (χ1n) is 11.4. The van der Waals surface area contributed by atoms with E-state index < -0.39 is 5.69 Å². The van der Waals surface area contributed by atoms with E-state index in [9.17, 15) is 9.59 Å². The van der Waals surface area contributed by atoms with E-state index in [-0.39, 0.29) is 12.5 Å². The fourth-order valence-electron chi connectivity index (χ4n) is 4.61. The Morgan fingerprint density at radius 3 is 2.90 bits per heavy atom. The van der Waals surface area contributed by atoms with E-state index in [2.05, 4.69) is 28.1 Å². The van der Waals surface area contributed by atoms with Crippen LogP contribution in [0, 0.1) is 0 Å². The molecule has 2 aromatic rings. The van der Waals surface area contributed by atoms with Crippen molar-refractivity contribution in [3.8, 4) is 5.75 Å². The molecule has 7 nitrogen and oxygen atoms in total. The third-order valence-electron chi connectivity index (χ3n) is 6.35. The number of ether oxygens (including phenoxy) is 1. The first-order valence-corrected chi connectivity index (χ1v) is 11.4. The number of hydrogen-bond donors (Lipinski definition) is 0. The summed E-state index contributed by atoms with van der Waals surface area (Å²) >= 11 is 0. The highest BCUT2D eigenvalue weighted by atomic mass is 16.5. The second kappa shape index (κ2) is 10.6. The number of piperidine rings is 1. The predicted octanol–water partition coefficient (Wildman–Crippen LogP) is 2.34. The molecule has 0 saturated carbocycles. The zero-order valence-electron chi connectivity index (χ0n) is 18.1. The molecule has 7 heteroatoms. The van der Waals surface area contributed by atoms with Crippen molar-refractivity contribution >= 4 is 5.91 Å². The van der Waals surface area contributed by atoms with Crippen LogP contribution in [-0.4, -0.2) is 64.1 Å². The molecule has 0 spiro atoms. The molecular weight excluding hydrogens is 392 g/mol. The molecule has 166 valence electrons. The summed E-state index contributed by atoms with van der Waals surface area (Å²) in [5, 5.41) is 0. The molecule has 1 atom stereocenters. The largest absolute Gasteiger partial charge is 0.494 e. The maximum absolute atomic E-state index is 13.0. The van der Waals surface area contributed by atoms with Gasteiger partial charge in [0.25, 0.3) is 0 Å². The lowest BCUT2D eigenvalue weighted by atomic mass is 9.95. The highest BCUT2D eigenvalue weighted by molar-refractivity contribution is 5.76. The van der Waals surface area contributed by atoms with Crippen molar-refractivity contribution in [1.29, 1.82) is 0 Å². The fraction of sp³-hybridized carbons (Fsp3) is 0.542. The fourth-order valence-corrected chi connectivity index (χ4v) is 4.61. The average molecular weight is 425 g/mol. The van der Waals surface area contributed by atoms with Gasteiger partial charge in [0.1, 0.15) is 12.3 Å². The van der Waals surface area contributed by atoms with E-state index in [4.69, 9.17) is 4.74 Å². The molecule has 1 unspecified atom stereocenters. The lowest BCUT2D eigenvalue weighted by molar-refractivity contribution is -0.132. The first kappa shape index (κ1) is 21.6. The number of fused-ring (bicyclic) bond motifs is 3. The molecule has 1 aromatic carbocycles. The Hall–Kier alpha value is -2.67. The van der Waals surface area contributed by atoms with Gasteiger partial charge in [-0.25, -0.2) is 9.78 Å². The Morgan fingerprint density at radius 2 is 2.00 bits per heavy atom. The standard InChI is InChI=1S/C24H32N4O3/c29-23(19-28-13-4-11-25-24(28)30)27-14-5-17-31-22-8-3-6-20(18-22)9-10-21-7-1-2-12-26(21)15-16-27/h3-4,6,8,11,13,18,21H,1-2,5,7,9-10,12,14-17,19H2. The highest BCUT2D eigenvalue weighted by Crippen LogP contribution is 2.23. The maximum atomic E-state index is 13.0. The monoisotopic (exact) mass is 424 g/mol.